The minimum absolute atomic E-state index is 0.0325. The Hall–Kier alpha value is -1.22. The van der Waals surface area contributed by atoms with E-state index in [0.29, 0.717) is 24.2 Å². The van der Waals surface area contributed by atoms with Crippen LogP contribution in [0.3, 0.4) is 0 Å². The Kier molecular flexibility index (Phi) is 8.88. The first-order valence-electron chi connectivity index (χ1n) is 12.1. The van der Waals surface area contributed by atoms with Crippen molar-refractivity contribution in [1.82, 2.24) is 9.80 Å². The summed E-state index contributed by atoms with van der Waals surface area (Å²) in [5.74, 6) is -0.0649. The van der Waals surface area contributed by atoms with Crippen molar-refractivity contribution in [3.63, 3.8) is 0 Å². The second kappa shape index (κ2) is 11.7. The van der Waals surface area contributed by atoms with Gasteiger partial charge in [0.05, 0.1) is 39.9 Å². The van der Waals surface area contributed by atoms with Crippen molar-refractivity contribution in [2.75, 3.05) is 13.1 Å². The van der Waals surface area contributed by atoms with Crippen molar-refractivity contribution in [3.8, 4) is 0 Å². The molecule has 182 valence electrons. The zero-order chi connectivity index (χ0) is 24.2. The van der Waals surface area contributed by atoms with Crippen LogP contribution in [0, 0.1) is 0 Å². The molecule has 2 aromatic heterocycles. The first-order chi connectivity index (χ1) is 16.5. The van der Waals surface area contributed by atoms with Crippen molar-refractivity contribution in [2.45, 2.75) is 65.2 Å². The van der Waals surface area contributed by atoms with Gasteiger partial charge in [0.2, 0.25) is 0 Å². The van der Waals surface area contributed by atoms with Crippen LogP contribution in [-0.2, 0) is 9.59 Å². The fourth-order valence-corrected chi connectivity index (χ4v) is 7.50. The van der Waals surface area contributed by atoms with Gasteiger partial charge in [-0.05, 0) is 69.0 Å². The Morgan fingerprint density at radius 1 is 0.647 bits per heavy atom. The number of rotatable bonds is 12. The summed E-state index contributed by atoms with van der Waals surface area (Å²) in [5, 5.41) is 0. The van der Waals surface area contributed by atoms with Crippen LogP contribution >= 0.6 is 54.5 Å². The highest BCUT2D eigenvalue weighted by molar-refractivity contribution is 9.11. The third-order valence-corrected chi connectivity index (χ3v) is 9.53. The van der Waals surface area contributed by atoms with Crippen molar-refractivity contribution in [3.05, 3.63) is 52.7 Å². The highest BCUT2D eigenvalue weighted by atomic mass is 79.9. The molecular formula is C26H30Br2N2O2S2. The fourth-order valence-electron chi connectivity index (χ4n) is 4.61. The molecular weight excluding hydrogens is 596 g/mol. The molecule has 0 aliphatic carbocycles. The SMILES string of the molecule is CCCCCCN1C(=O)C2=C(c3ccc(Br)s3)N(CCCCCC)C(=O)C2=C1c1ccc(Br)s1. The quantitative estimate of drug-likeness (QED) is 0.223. The number of halogens is 2. The standard InChI is InChI=1S/C26H30Br2N2O2S2/c1-3-5-7-9-15-29-23(17-11-13-19(27)33-17)21-22(25(29)31)24(18-12-14-20(28)34-18)30(26(21)32)16-10-8-6-4-2/h11-14H,3-10,15-16H2,1-2H3. The molecule has 0 bridgehead atoms. The van der Waals surface area contributed by atoms with E-state index in [4.69, 9.17) is 0 Å². The predicted molar refractivity (Wildman–Crippen MR) is 150 cm³/mol. The second-order valence-corrected chi connectivity index (χ2v) is 13.6. The summed E-state index contributed by atoms with van der Waals surface area (Å²) in [6.07, 6.45) is 8.63. The third-order valence-electron chi connectivity index (χ3n) is 6.27. The number of carbonyl (C=O) groups excluding carboxylic acids is 2. The van der Waals surface area contributed by atoms with Gasteiger partial charge in [-0.3, -0.25) is 9.59 Å². The van der Waals surface area contributed by atoms with E-state index in [0.717, 1.165) is 80.1 Å². The second-order valence-electron chi connectivity index (χ2n) is 8.69. The Morgan fingerprint density at radius 2 is 1.06 bits per heavy atom. The molecule has 8 heteroatoms. The van der Waals surface area contributed by atoms with Gasteiger partial charge in [0, 0.05) is 13.1 Å². The number of hydrogen-bond donors (Lipinski definition) is 0. The summed E-state index contributed by atoms with van der Waals surface area (Å²) in [6, 6.07) is 8.03. The van der Waals surface area contributed by atoms with Crippen LogP contribution in [0.4, 0.5) is 0 Å². The Bertz CT molecular complexity index is 1040. The molecule has 0 saturated carbocycles. The average Bonchev–Trinajstić information content (AvgIpc) is 3.56. The zero-order valence-corrected chi connectivity index (χ0v) is 24.5. The largest absolute Gasteiger partial charge is 0.306 e. The third kappa shape index (κ3) is 5.15. The topological polar surface area (TPSA) is 40.6 Å². The normalized spacial score (nSPS) is 16.0. The Balaban J connectivity index is 1.80. The summed E-state index contributed by atoms with van der Waals surface area (Å²) in [5.41, 5.74) is 2.76. The van der Waals surface area contributed by atoms with Crippen molar-refractivity contribution in [2.24, 2.45) is 0 Å². The summed E-state index contributed by atoms with van der Waals surface area (Å²) in [4.78, 5) is 33.5. The Labute approximate surface area is 227 Å². The molecule has 34 heavy (non-hydrogen) atoms. The van der Waals surface area contributed by atoms with E-state index in [1.54, 1.807) is 22.7 Å². The zero-order valence-electron chi connectivity index (χ0n) is 19.7. The van der Waals surface area contributed by atoms with Crippen molar-refractivity contribution >= 4 is 77.7 Å². The van der Waals surface area contributed by atoms with Gasteiger partial charge in [0.15, 0.2) is 0 Å². The molecule has 0 N–H and O–H groups in total. The molecule has 0 saturated heterocycles. The van der Waals surface area contributed by atoms with Crippen LogP contribution < -0.4 is 0 Å². The molecule has 4 heterocycles. The van der Waals surface area contributed by atoms with E-state index in [2.05, 4.69) is 45.7 Å². The smallest absolute Gasteiger partial charge is 0.261 e. The van der Waals surface area contributed by atoms with E-state index in [9.17, 15) is 9.59 Å². The van der Waals surface area contributed by atoms with E-state index in [-0.39, 0.29) is 11.8 Å². The van der Waals surface area contributed by atoms with E-state index in [1.165, 1.54) is 0 Å². The average molecular weight is 626 g/mol. The van der Waals surface area contributed by atoms with E-state index in [1.807, 2.05) is 34.1 Å². The molecule has 2 aromatic rings. The van der Waals surface area contributed by atoms with Gasteiger partial charge >= 0.3 is 0 Å². The number of fused-ring (bicyclic) bond motifs is 1. The molecule has 0 fully saturated rings. The number of unbranched alkanes of at least 4 members (excludes halogenated alkanes) is 6. The van der Waals surface area contributed by atoms with Crippen LogP contribution in [-0.4, -0.2) is 34.7 Å². The van der Waals surface area contributed by atoms with Gasteiger partial charge in [0.1, 0.15) is 0 Å². The lowest BCUT2D eigenvalue weighted by atomic mass is 10.1. The highest BCUT2D eigenvalue weighted by Gasteiger charge is 2.49. The summed E-state index contributed by atoms with van der Waals surface area (Å²) in [6.45, 7) is 5.65. The van der Waals surface area contributed by atoms with Crippen molar-refractivity contribution < 1.29 is 9.59 Å². The molecule has 2 aliphatic rings. The minimum atomic E-state index is -0.0325. The van der Waals surface area contributed by atoms with Gasteiger partial charge in [-0.25, -0.2) is 0 Å². The molecule has 0 atom stereocenters. The van der Waals surface area contributed by atoms with Gasteiger partial charge < -0.3 is 9.80 Å². The van der Waals surface area contributed by atoms with Crippen LogP contribution in [0.1, 0.15) is 75.0 Å². The lowest BCUT2D eigenvalue weighted by molar-refractivity contribution is -0.124. The van der Waals surface area contributed by atoms with Gasteiger partial charge in [-0.15, -0.1) is 22.7 Å². The van der Waals surface area contributed by atoms with Crippen LogP contribution in [0.25, 0.3) is 11.4 Å². The molecule has 4 rings (SSSR count). The van der Waals surface area contributed by atoms with E-state index < -0.39 is 0 Å². The monoisotopic (exact) mass is 624 g/mol. The lowest BCUT2D eigenvalue weighted by Gasteiger charge is -2.24. The molecule has 0 radical (unpaired) electrons. The number of carbonyl (C=O) groups is 2. The molecule has 0 aromatic carbocycles. The number of hydrogen-bond acceptors (Lipinski definition) is 4. The number of amides is 2. The first-order valence-corrected chi connectivity index (χ1v) is 15.3. The summed E-state index contributed by atoms with van der Waals surface area (Å²) in [7, 11) is 0. The Morgan fingerprint density at radius 3 is 1.38 bits per heavy atom. The fraction of sp³-hybridized carbons (Fsp3) is 0.462. The predicted octanol–water partition coefficient (Wildman–Crippen LogP) is 8.30. The summed E-state index contributed by atoms with van der Waals surface area (Å²) >= 11 is 10.3. The number of nitrogens with zero attached hydrogens (tertiary/aromatic N) is 2. The first kappa shape index (κ1) is 25.9. The molecule has 0 spiro atoms. The number of thiophene rings is 2. The van der Waals surface area contributed by atoms with Gasteiger partial charge in [0.25, 0.3) is 11.8 Å². The minimum Gasteiger partial charge on any atom is -0.306 e. The van der Waals surface area contributed by atoms with Crippen LogP contribution in [0.2, 0.25) is 0 Å². The maximum absolute atomic E-state index is 13.9. The molecule has 0 unspecified atom stereocenters. The lowest BCUT2D eigenvalue weighted by Crippen LogP contribution is -2.30. The van der Waals surface area contributed by atoms with Crippen LogP contribution in [0.15, 0.2) is 43.0 Å². The summed E-state index contributed by atoms with van der Waals surface area (Å²) < 4.78 is 1.99. The molecule has 4 nitrogen and oxygen atoms in total. The van der Waals surface area contributed by atoms with Gasteiger partial charge in [-0.1, -0.05) is 52.4 Å². The molecule has 2 amide bonds. The van der Waals surface area contributed by atoms with E-state index >= 15 is 0 Å². The van der Waals surface area contributed by atoms with Crippen LogP contribution in [0.5, 0.6) is 0 Å². The van der Waals surface area contributed by atoms with Gasteiger partial charge in [-0.2, -0.15) is 0 Å². The molecule has 2 aliphatic heterocycles. The van der Waals surface area contributed by atoms with Crippen molar-refractivity contribution in [1.29, 1.82) is 0 Å². The maximum atomic E-state index is 13.9. The highest BCUT2D eigenvalue weighted by Crippen LogP contribution is 2.49. The maximum Gasteiger partial charge on any atom is 0.261 e.